The number of rotatable bonds is 5. The van der Waals surface area contributed by atoms with Crippen molar-refractivity contribution < 1.29 is 9.21 Å². The Labute approximate surface area is 98.4 Å². The van der Waals surface area contributed by atoms with Gasteiger partial charge < -0.3 is 14.7 Å². The summed E-state index contributed by atoms with van der Waals surface area (Å²) < 4.78 is 7.20. The number of nitrogens with zero attached hydrogens (tertiary/aromatic N) is 2. The Balaban J connectivity index is 2.25. The van der Waals surface area contributed by atoms with Gasteiger partial charge in [-0.25, -0.2) is 4.98 Å². The minimum atomic E-state index is -0.421. The number of furan rings is 1. The van der Waals surface area contributed by atoms with E-state index in [0.29, 0.717) is 5.76 Å². The van der Waals surface area contributed by atoms with E-state index < -0.39 is 5.91 Å². The molecule has 2 aromatic rings. The summed E-state index contributed by atoms with van der Waals surface area (Å²) in [5.41, 5.74) is 5.13. The summed E-state index contributed by atoms with van der Waals surface area (Å²) in [6, 6.07) is 3.34. The summed E-state index contributed by atoms with van der Waals surface area (Å²) >= 11 is 0. The maximum absolute atomic E-state index is 10.8. The summed E-state index contributed by atoms with van der Waals surface area (Å²) in [7, 11) is 1.88. The molecule has 1 amide bonds. The predicted octanol–water partition coefficient (Wildman–Crippen LogP) is 0.177. The number of aromatic nitrogens is 2. The minimum absolute atomic E-state index is 0.0677. The molecule has 2 rings (SSSR count). The minimum Gasteiger partial charge on any atom is -0.467 e. The van der Waals surface area contributed by atoms with Crippen LogP contribution in [0.25, 0.3) is 0 Å². The third kappa shape index (κ3) is 2.54. The van der Waals surface area contributed by atoms with Crippen LogP contribution in [-0.4, -0.2) is 22.0 Å². The Morgan fingerprint density at radius 2 is 2.53 bits per heavy atom. The molecule has 6 heteroatoms. The van der Waals surface area contributed by atoms with Crippen molar-refractivity contribution in [1.82, 2.24) is 14.9 Å². The number of hydrogen-bond donors (Lipinski definition) is 2. The van der Waals surface area contributed by atoms with Gasteiger partial charge in [-0.2, -0.15) is 0 Å². The number of primary amides is 1. The van der Waals surface area contributed by atoms with E-state index >= 15 is 0 Å². The monoisotopic (exact) mass is 234 g/mol. The van der Waals surface area contributed by atoms with Crippen LogP contribution in [0, 0.1) is 0 Å². The first-order valence-electron chi connectivity index (χ1n) is 5.21. The van der Waals surface area contributed by atoms with Crippen molar-refractivity contribution in [3.05, 3.63) is 42.4 Å². The molecule has 0 saturated heterocycles. The van der Waals surface area contributed by atoms with Gasteiger partial charge >= 0.3 is 0 Å². The molecule has 1 atom stereocenters. The van der Waals surface area contributed by atoms with Crippen LogP contribution in [0.2, 0.25) is 0 Å². The predicted molar refractivity (Wildman–Crippen MR) is 61.0 cm³/mol. The first-order valence-corrected chi connectivity index (χ1v) is 5.21. The highest BCUT2D eigenvalue weighted by atomic mass is 16.3. The van der Waals surface area contributed by atoms with E-state index in [2.05, 4.69) is 10.3 Å². The number of imidazole rings is 1. The average molecular weight is 234 g/mol. The lowest BCUT2D eigenvalue weighted by Gasteiger charge is -2.15. The van der Waals surface area contributed by atoms with Crippen molar-refractivity contribution in [2.45, 2.75) is 6.04 Å². The van der Waals surface area contributed by atoms with Crippen LogP contribution in [0.15, 0.2) is 35.2 Å². The van der Waals surface area contributed by atoms with Crippen LogP contribution in [0.1, 0.15) is 17.6 Å². The fourth-order valence-electron chi connectivity index (χ4n) is 1.63. The number of carbonyl (C=O) groups excluding carboxylic acids is 1. The van der Waals surface area contributed by atoms with Crippen molar-refractivity contribution >= 4 is 5.91 Å². The fraction of sp³-hybridized carbons (Fsp3) is 0.273. The SMILES string of the molecule is Cn1ccnc1C(NCC(N)=O)c1ccco1. The lowest BCUT2D eigenvalue weighted by atomic mass is 10.2. The molecular weight excluding hydrogens is 220 g/mol. The van der Waals surface area contributed by atoms with Crippen LogP contribution in [-0.2, 0) is 11.8 Å². The third-order valence-corrected chi connectivity index (χ3v) is 2.42. The zero-order chi connectivity index (χ0) is 12.3. The van der Waals surface area contributed by atoms with E-state index in [1.807, 2.05) is 23.9 Å². The molecular formula is C11H14N4O2. The Bertz CT molecular complexity index is 489. The van der Waals surface area contributed by atoms with Gasteiger partial charge in [-0.05, 0) is 12.1 Å². The summed E-state index contributed by atoms with van der Waals surface area (Å²) in [5, 5.41) is 3.01. The van der Waals surface area contributed by atoms with Crippen molar-refractivity contribution in [2.24, 2.45) is 12.8 Å². The Hall–Kier alpha value is -2.08. The molecule has 0 radical (unpaired) electrons. The highest BCUT2D eigenvalue weighted by Gasteiger charge is 2.20. The molecule has 0 fully saturated rings. The van der Waals surface area contributed by atoms with Crippen molar-refractivity contribution in [3.63, 3.8) is 0 Å². The molecule has 2 aromatic heterocycles. The van der Waals surface area contributed by atoms with Gasteiger partial charge in [-0.15, -0.1) is 0 Å². The molecule has 2 heterocycles. The lowest BCUT2D eigenvalue weighted by molar-refractivity contribution is -0.117. The molecule has 90 valence electrons. The first kappa shape index (κ1) is 11.4. The van der Waals surface area contributed by atoms with Gasteiger partial charge in [0.1, 0.15) is 17.6 Å². The van der Waals surface area contributed by atoms with Crippen molar-refractivity contribution in [2.75, 3.05) is 6.54 Å². The summed E-state index contributed by atoms with van der Waals surface area (Å²) in [5.74, 6) is 1.04. The number of hydrogen-bond acceptors (Lipinski definition) is 4. The Morgan fingerprint density at radius 3 is 3.06 bits per heavy atom. The smallest absolute Gasteiger partial charge is 0.231 e. The number of amides is 1. The largest absolute Gasteiger partial charge is 0.467 e. The van der Waals surface area contributed by atoms with Gasteiger partial charge in [0.05, 0.1) is 12.8 Å². The van der Waals surface area contributed by atoms with Crippen LogP contribution >= 0.6 is 0 Å². The molecule has 1 unspecified atom stereocenters. The molecule has 0 aromatic carbocycles. The van der Waals surface area contributed by atoms with E-state index in [9.17, 15) is 4.79 Å². The maximum Gasteiger partial charge on any atom is 0.231 e. The molecule has 17 heavy (non-hydrogen) atoms. The molecule has 0 bridgehead atoms. The third-order valence-electron chi connectivity index (χ3n) is 2.42. The molecule has 0 aliphatic rings. The zero-order valence-corrected chi connectivity index (χ0v) is 9.46. The average Bonchev–Trinajstić information content (AvgIpc) is 2.91. The Morgan fingerprint density at radius 1 is 1.71 bits per heavy atom. The number of carbonyl (C=O) groups is 1. The highest BCUT2D eigenvalue weighted by molar-refractivity contribution is 5.75. The second kappa shape index (κ2) is 4.84. The van der Waals surface area contributed by atoms with Gasteiger partial charge in [0.2, 0.25) is 5.91 Å². The van der Waals surface area contributed by atoms with E-state index in [0.717, 1.165) is 5.82 Å². The van der Waals surface area contributed by atoms with Gasteiger partial charge in [0, 0.05) is 19.4 Å². The summed E-state index contributed by atoms with van der Waals surface area (Å²) in [6.45, 7) is 0.0677. The van der Waals surface area contributed by atoms with E-state index in [4.69, 9.17) is 10.2 Å². The first-order chi connectivity index (χ1) is 8.18. The number of aryl methyl sites for hydroxylation is 1. The topological polar surface area (TPSA) is 86.1 Å². The molecule has 0 spiro atoms. The Kier molecular flexibility index (Phi) is 3.24. The summed E-state index contributed by atoms with van der Waals surface area (Å²) in [6.07, 6.45) is 5.10. The fourth-order valence-corrected chi connectivity index (χ4v) is 1.63. The van der Waals surface area contributed by atoms with E-state index in [-0.39, 0.29) is 12.6 Å². The van der Waals surface area contributed by atoms with Crippen LogP contribution in [0.5, 0.6) is 0 Å². The molecule has 0 aliphatic carbocycles. The van der Waals surface area contributed by atoms with Gasteiger partial charge in [0.25, 0.3) is 0 Å². The molecule has 0 saturated carbocycles. The quantitative estimate of drug-likeness (QED) is 0.772. The lowest BCUT2D eigenvalue weighted by Crippen LogP contribution is -2.33. The van der Waals surface area contributed by atoms with E-state index in [1.165, 1.54) is 0 Å². The zero-order valence-electron chi connectivity index (χ0n) is 9.46. The van der Waals surface area contributed by atoms with Gasteiger partial charge in [-0.1, -0.05) is 0 Å². The van der Waals surface area contributed by atoms with E-state index in [1.54, 1.807) is 18.5 Å². The molecule has 6 nitrogen and oxygen atoms in total. The van der Waals surface area contributed by atoms with Crippen molar-refractivity contribution in [3.8, 4) is 0 Å². The molecule has 3 N–H and O–H groups in total. The highest BCUT2D eigenvalue weighted by Crippen LogP contribution is 2.20. The summed E-state index contributed by atoms with van der Waals surface area (Å²) in [4.78, 5) is 15.1. The van der Waals surface area contributed by atoms with Gasteiger partial charge in [0.15, 0.2) is 0 Å². The second-order valence-corrected chi connectivity index (χ2v) is 3.69. The van der Waals surface area contributed by atoms with Crippen molar-refractivity contribution in [1.29, 1.82) is 0 Å². The van der Waals surface area contributed by atoms with Crippen LogP contribution in [0.3, 0.4) is 0 Å². The van der Waals surface area contributed by atoms with Crippen LogP contribution in [0.4, 0.5) is 0 Å². The maximum atomic E-state index is 10.8. The number of nitrogens with one attached hydrogen (secondary N) is 1. The second-order valence-electron chi connectivity index (χ2n) is 3.69. The standard InChI is InChI=1S/C11H14N4O2/c1-15-5-4-13-11(15)10(14-7-9(12)16)8-3-2-6-17-8/h2-6,10,14H,7H2,1H3,(H2,12,16). The normalized spacial score (nSPS) is 12.5. The number of nitrogens with two attached hydrogens (primary N) is 1. The molecule has 0 aliphatic heterocycles. The van der Waals surface area contributed by atoms with Crippen LogP contribution < -0.4 is 11.1 Å². The van der Waals surface area contributed by atoms with Gasteiger partial charge in [-0.3, -0.25) is 10.1 Å².